The first-order valence-corrected chi connectivity index (χ1v) is 7.57. The predicted octanol–water partition coefficient (Wildman–Crippen LogP) is 2.69. The molecule has 2 rings (SSSR count). The Balaban J connectivity index is 2.06. The molecule has 1 N–H and O–H groups in total. The smallest absolute Gasteiger partial charge is 0.307 e. The minimum absolute atomic E-state index is 0.0412. The maximum atomic E-state index is 12.7. The lowest BCUT2D eigenvalue weighted by Gasteiger charge is -2.30. The van der Waals surface area contributed by atoms with Gasteiger partial charge < -0.3 is 10.0 Å². The summed E-state index contributed by atoms with van der Waals surface area (Å²) in [4.78, 5) is 25.9. The summed E-state index contributed by atoms with van der Waals surface area (Å²) in [6.07, 6.45) is 8.01. The Hall–Kier alpha value is -1.32. The number of rotatable bonds is 2. The normalized spacial score (nSPS) is 29.8. The van der Waals surface area contributed by atoms with E-state index in [-0.39, 0.29) is 17.2 Å². The quantitative estimate of drug-likeness (QED) is 0.791. The maximum absolute atomic E-state index is 12.7. The van der Waals surface area contributed by atoms with Gasteiger partial charge in [0.15, 0.2) is 0 Å². The van der Waals surface area contributed by atoms with Crippen LogP contribution in [0.4, 0.5) is 0 Å². The second kappa shape index (κ2) is 5.98. The molecule has 0 spiro atoms. The van der Waals surface area contributed by atoms with Crippen molar-refractivity contribution < 1.29 is 14.7 Å². The van der Waals surface area contributed by atoms with Gasteiger partial charge in [-0.1, -0.05) is 26.0 Å². The molecule has 1 heterocycles. The van der Waals surface area contributed by atoms with Crippen LogP contribution in [-0.2, 0) is 9.59 Å². The molecule has 1 aliphatic carbocycles. The van der Waals surface area contributed by atoms with Gasteiger partial charge in [-0.15, -0.1) is 0 Å². The van der Waals surface area contributed by atoms with E-state index in [4.69, 9.17) is 0 Å². The zero-order valence-electron chi connectivity index (χ0n) is 12.5. The van der Waals surface area contributed by atoms with Crippen LogP contribution in [0.15, 0.2) is 12.2 Å². The average Bonchev–Trinajstić information content (AvgIpc) is 2.59. The van der Waals surface area contributed by atoms with Crippen LogP contribution in [0.1, 0.15) is 46.0 Å². The number of carboxylic acids is 1. The molecule has 1 amide bonds. The molecule has 4 nitrogen and oxygen atoms in total. The lowest BCUT2D eigenvalue weighted by Crippen LogP contribution is -2.42. The van der Waals surface area contributed by atoms with Gasteiger partial charge in [0.2, 0.25) is 5.91 Å². The van der Waals surface area contributed by atoms with Crippen molar-refractivity contribution >= 4 is 11.9 Å². The number of allylic oxidation sites excluding steroid dienone is 2. The van der Waals surface area contributed by atoms with E-state index in [2.05, 4.69) is 13.8 Å². The number of aliphatic carboxylic acids is 1. The Morgan fingerprint density at radius 2 is 1.75 bits per heavy atom. The fraction of sp³-hybridized carbons (Fsp3) is 0.750. The Kier molecular flexibility index (Phi) is 4.51. The predicted molar refractivity (Wildman–Crippen MR) is 77.2 cm³/mol. The SMILES string of the molecule is CC1(C)CCCN(C(=O)[C@@H]2CC=CC[C@@H]2C(=O)O)CC1. The van der Waals surface area contributed by atoms with Crippen molar-refractivity contribution in [3.05, 3.63) is 12.2 Å². The van der Waals surface area contributed by atoms with Crippen molar-refractivity contribution in [2.75, 3.05) is 13.1 Å². The van der Waals surface area contributed by atoms with Gasteiger partial charge in [0, 0.05) is 13.1 Å². The summed E-state index contributed by atoms with van der Waals surface area (Å²) in [6, 6.07) is 0. The van der Waals surface area contributed by atoms with Crippen molar-refractivity contribution in [3.63, 3.8) is 0 Å². The van der Waals surface area contributed by atoms with Crippen molar-refractivity contribution in [1.82, 2.24) is 4.90 Å². The highest BCUT2D eigenvalue weighted by atomic mass is 16.4. The lowest BCUT2D eigenvalue weighted by molar-refractivity contribution is -0.150. The van der Waals surface area contributed by atoms with E-state index < -0.39 is 11.9 Å². The highest BCUT2D eigenvalue weighted by Crippen LogP contribution is 2.32. The Morgan fingerprint density at radius 3 is 2.40 bits per heavy atom. The van der Waals surface area contributed by atoms with Crippen LogP contribution in [0.2, 0.25) is 0 Å². The van der Waals surface area contributed by atoms with Crippen LogP contribution < -0.4 is 0 Å². The van der Waals surface area contributed by atoms with Crippen LogP contribution in [0.3, 0.4) is 0 Å². The summed E-state index contributed by atoms with van der Waals surface area (Å²) in [5.74, 6) is -1.73. The third kappa shape index (κ3) is 3.41. The van der Waals surface area contributed by atoms with Gasteiger partial charge in [-0.05, 0) is 37.5 Å². The average molecular weight is 279 g/mol. The van der Waals surface area contributed by atoms with Gasteiger partial charge in [-0.3, -0.25) is 9.59 Å². The molecule has 20 heavy (non-hydrogen) atoms. The van der Waals surface area contributed by atoms with Crippen LogP contribution in [0.25, 0.3) is 0 Å². The molecular formula is C16H25NO3. The first-order valence-electron chi connectivity index (χ1n) is 7.57. The number of nitrogens with zero attached hydrogens (tertiary/aromatic N) is 1. The number of amides is 1. The molecule has 2 aliphatic rings. The highest BCUT2D eigenvalue weighted by Gasteiger charge is 2.37. The van der Waals surface area contributed by atoms with Crippen LogP contribution in [0, 0.1) is 17.3 Å². The molecule has 0 saturated carbocycles. The zero-order chi connectivity index (χ0) is 14.8. The number of hydrogen-bond donors (Lipinski definition) is 1. The summed E-state index contributed by atoms with van der Waals surface area (Å²) < 4.78 is 0. The summed E-state index contributed by atoms with van der Waals surface area (Å²) in [6.45, 7) is 6.02. The topological polar surface area (TPSA) is 57.6 Å². The second-order valence-corrected chi connectivity index (χ2v) is 6.84. The number of likely N-dealkylation sites (tertiary alicyclic amines) is 1. The molecule has 2 atom stereocenters. The molecule has 0 bridgehead atoms. The monoisotopic (exact) mass is 279 g/mol. The summed E-state index contributed by atoms with van der Waals surface area (Å²) in [7, 11) is 0. The van der Waals surface area contributed by atoms with Gasteiger partial charge in [0.25, 0.3) is 0 Å². The zero-order valence-corrected chi connectivity index (χ0v) is 12.5. The van der Waals surface area contributed by atoms with Crippen LogP contribution >= 0.6 is 0 Å². The fourth-order valence-corrected chi connectivity index (χ4v) is 3.24. The Bertz CT molecular complexity index is 414. The molecule has 0 aromatic heterocycles. The van der Waals surface area contributed by atoms with Crippen molar-refractivity contribution in [3.8, 4) is 0 Å². The van der Waals surface area contributed by atoms with Gasteiger partial charge >= 0.3 is 5.97 Å². The Labute approximate surface area is 120 Å². The minimum atomic E-state index is -0.845. The van der Waals surface area contributed by atoms with Crippen molar-refractivity contribution in [2.45, 2.75) is 46.0 Å². The summed E-state index contributed by atoms with van der Waals surface area (Å²) in [5, 5.41) is 9.29. The van der Waals surface area contributed by atoms with Crippen molar-refractivity contribution in [2.24, 2.45) is 17.3 Å². The van der Waals surface area contributed by atoms with E-state index in [0.29, 0.717) is 12.8 Å². The second-order valence-electron chi connectivity index (χ2n) is 6.84. The van der Waals surface area contributed by atoms with Gasteiger partial charge in [-0.25, -0.2) is 0 Å². The molecule has 1 aliphatic heterocycles. The van der Waals surface area contributed by atoms with E-state index in [0.717, 1.165) is 32.4 Å². The minimum Gasteiger partial charge on any atom is -0.481 e. The van der Waals surface area contributed by atoms with E-state index in [1.807, 2.05) is 17.1 Å². The molecule has 0 radical (unpaired) electrons. The maximum Gasteiger partial charge on any atom is 0.307 e. The molecule has 0 aromatic carbocycles. The van der Waals surface area contributed by atoms with E-state index in [1.54, 1.807) is 0 Å². The van der Waals surface area contributed by atoms with Gasteiger partial charge in [0.1, 0.15) is 0 Å². The summed E-state index contributed by atoms with van der Waals surface area (Å²) in [5.41, 5.74) is 0.285. The lowest BCUT2D eigenvalue weighted by atomic mass is 9.82. The number of carbonyl (C=O) groups is 2. The molecule has 4 heteroatoms. The van der Waals surface area contributed by atoms with Crippen molar-refractivity contribution in [1.29, 1.82) is 0 Å². The van der Waals surface area contributed by atoms with E-state index in [9.17, 15) is 14.7 Å². The number of carboxylic acid groups (broad SMARTS) is 1. The van der Waals surface area contributed by atoms with E-state index >= 15 is 0 Å². The fourth-order valence-electron chi connectivity index (χ4n) is 3.24. The third-order valence-electron chi connectivity index (χ3n) is 4.72. The number of carbonyl (C=O) groups excluding carboxylic acids is 1. The Morgan fingerprint density at radius 1 is 1.10 bits per heavy atom. The van der Waals surface area contributed by atoms with Crippen LogP contribution in [-0.4, -0.2) is 35.0 Å². The molecule has 0 aromatic rings. The largest absolute Gasteiger partial charge is 0.481 e. The molecule has 112 valence electrons. The molecule has 1 saturated heterocycles. The number of hydrogen-bond acceptors (Lipinski definition) is 2. The standard InChI is InChI=1S/C16H25NO3/c1-16(2)8-5-10-17(11-9-16)14(18)12-6-3-4-7-13(12)15(19)20/h3-4,12-13H,5-11H2,1-2H3,(H,19,20)/t12-,13+/m1/s1. The molecule has 0 unspecified atom stereocenters. The molecule has 1 fully saturated rings. The van der Waals surface area contributed by atoms with E-state index in [1.165, 1.54) is 0 Å². The summed E-state index contributed by atoms with van der Waals surface area (Å²) >= 11 is 0. The highest BCUT2D eigenvalue weighted by molar-refractivity contribution is 5.85. The first-order chi connectivity index (χ1) is 9.41. The molecular weight excluding hydrogens is 254 g/mol. The van der Waals surface area contributed by atoms with Gasteiger partial charge in [0.05, 0.1) is 11.8 Å². The van der Waals surface area contributed by atoms with Crippen LogP contribution in [0.5, 0.6) is 0 Å². The third-order valence-corrected chi connectivity index (χ3v) is 4.72. The first kappa shape index (κ1) is 15.1. The van der Waals surface area contributed by atoms with Gasteiger partial charge in [-0.2, -0.15) is 0 Å².